The largest absolute Gasteiger partial charge is 0.497 e. The van der Waals surface area contributed by atoms with E-state index in [1.54, 1.807) is 7.11 Å². The molecule has 2 aromatic carbocycles. The van der Waals surface area contributed by atoms with Crippen LogP contribution in [0.1, 0.15) is 24.1 Å². The Morgan fingerprint density at radius 2 is 1.93 bits per heavy atom. The first-order valence-electron chi connectivity index (χ1n) is 9.83. The van der Waals surface area contributed by atoms with Gasteiger partial charge in [-0.15, -0.1) is 0 Å². The molecule has 6 nitrogen and oxygen atoms in total. The molecule has 0 aliphatic heterocycles. The molecule has 3 aromatic rings. The number of methoxy groups -OCH3 is 1. The number of carbonyl (C=O) groups is 1. The van der Waals surface area contributed by atoms with Crippen LogP contribution in [0.5, 0.6) is 5.75 Å². The third kappa shape index (κ3) is 3.89. The Morgan fingerprint density at radius 1 is 1.21 bits per heavy atom. The van der Waals surface area contributed by atoms with E-state index < -0.39 is 0 Å². The van der Waals surface area contributed by atoms with Crippen LogP contribution in [0.25, 0.3) is 16.9 Å². The lowest BCUT2D eigenvalue weighted by Gasteiger charge is -2.22. The highest BCUT2D eigenvalue weighted by atomic mass is 16.5. The van der Waals surface area contributed by atoms with Gasteiger partial charge in [-0.2, -0.15) is 5.10 Å². The summed E-state index contributed by atoms with van der Waals surface area (Å²) in [5.74, 6) is 0.751. The van der Waals surface area contributed by atoms with Crippen molar-refractivity contribution in [1.82, 2.24) is 14.8 Å². The van der Waals surface area contributed by atoms with Crippen molar-refractivity contribution in [2.75, 3.05) is 14.2 Å². The monoisotopic (exact) mass is 391 g/mol. The van der Waals surface area contributed by atoms with Crippen LogP contribution in [-0.2, 0) is 17.6 Å². The van der Waals surface area contributed by atoms with Crippen molar-refractivity contribution in [1.29, 1.82) is 0 Å². The molecule has 150 valence electrons. The van der Waals surface area contributed by atoms with E-state index in [9.17, 15) is 10.0 Å². The molecule has 1 unspecified atom stereocenters. The number of hydrogen-bond acceptors (Lipinski definition) is 4. The summed E-state index contributed by atoms with van der Waals surface area (Å²) in [6.07, 6.45) is 2.83. The van der Waals surface area contributed by atoms with Gasteiger partial charge in [-0.3, -0.25) is 10.0 Å². The van der Waals surface area contributed by atoms with Gasteiger partial charge in [-0.1, -0.05) is 30.3 Å². The number of benzene rings is 2. The standard InChI is InChI=1S/C23H25N3O3/c1-25(28)22(27)15-16-8-13-21-20(14-16)23(17-6-4-3-5-7-17)26(24-21)18-9-11-19(29-2)12-10-18/h3-7,9-12,16,28H,8,13-15H2,1-2H3. The van der Waals surface area contributed by atoms with E-state index in [1.807, 2.05) is 47.1 Å². The second-order valence-electron chi connectivity index (χ2n) is 7.48. The number of carbonyl (C=O) groups excluding carboxylic acids is 1. The number of hydroxylamine groups is 2. The summed E-state index contributed by atoms with van der Waals surface area (Å²) < 4.78 is 7.29. The molecule has 1 atom stereocenters. The zero-order valence-corrected chi connectivity index (χ0v) is 16.7. The molecule has 29 heavy (non-hydrogen) atoms. The third-order valence-electron chi connectivity index (χ3n) is 5.54. The Bertz CT molecular complexity index is 994. The maximum Gasteiger partial charge on any atom is 0.245 e. The fourth-order valence-corrected chi connectivity index (χ4v) is 4.00. The van der Waals surface area contributed by atoms with Crippen molar-refractivity contribution < 1.29 is 14.7 Å². The average molecular weight is 391 g/mol. The zero-order chi connectivity index (χ0) is 20.4. The highest BCUT2D eigenvalue weighted by Gasteiger charge is 2.29. The quantitative estimate of drug-likeness (QED) is 0.529. The topological polar surface area (TPSA) is 67.6 Å². The minimum absolute atomic E-state index is 0.195. The van der Waals surface area contributed by atoms with Crippen LogP contribution >= 0.6 is 0 Å². The molecule has 1 N–H and O–H groups in total. The molecular formula is C23H25N3O3. The van der Waals surface area contributed by atoms with Gasteiger partial charge in [-0.25, -0.2) is 9.75 Å². The number of rotatable bonds is 5. The predicted molar refractivity (Wildman–Crippen MR) is 110 cm³/mol. The van der Waals surface area contributed by atoms with E-state index in [0.717, 1.165) is 47.7 Å². The number of aromatic nitrogens is 2. The molecule has 1 aliphatic carbocycles. The first kappa shape index (κ1) is 19.2. The molecule has 0 fully saturated rings. The Labute approximate surface area is 170 Å². The van der Waals surface area contributed by atoms with Gasteiger partial charge in [-0.05, 0) is 49.4 Å². The summed E-state index contributed by atoms with van der Waals surface area (Å²) in [4.78, 5) is 12.0. The van der Waals surface area contributed by atoms with Gasteiger partial charge < -0.3 is 4.74 Å². The molecule has 1 aliphatic rings. The van der Waals surface area contributed by atoms with Gasteiger partial charge in [0.2, 0.25) is 5.91 Å². The smallest absolute Gasteiger partial charge is 0.245 e. The lowest BCUT2D eigenvalue weighted by molar-refractivity contribution is -0.160. The van der Waals surface area contributed by atoms with Crippen molar-refractivity contribution in [3.8, 4) is 22.7 Å². The van der Waals surface area contributed by atoms with Crippen molar-refractivity contribution >= 4 is 5.91 Å². The predicted octanol–water partition coefficient (Wildman–Crippen LogP) is 3.89. The molecule has 0 radical (unpaired) electrons. The Balaban J connectivity index is 1.76. The second kappa shape index (κ2) is 8.09. The average Bonchev–Trinajstić information content (AvgIpc) is 3.13. The molecule has 0 saturated heterocycles. The van der Waals surface area contributed by atoms with Gasteiger partial charge >= 0.3 is 0 Å². The molecule has 0 spiro atoms. The highest BCUT2D eigenvalue weighted by Crippen LogP contribution is 2.36. The molecule has 6 heteroatoms. The van der Waals surface area contributed by atoms with E-state index in [0.29, 0.717) is 11.5 Å². The van der Waals surface area contributed by atoms with Gasteiger partial charge in [0, 0.05) is 24.6 Å². The minimum Gasteiger partial charge on any atom is -0.497 e. The first-order valence-corrected chi connectivity index (χ1v) is 9.83. The molecule has 0 saturated carbocycles. The molecule has 1 aromatic heterocycles. The fraction of sp³-hybridized carbons (Fsp3) is 0.304. The van der Waals surface area contributed by atoms with Crippen molar-refractivity contribution in [2.24, 2.45) is 5.92 Å². The maximum atomic E-state index is 12.0. The van der Waals surface area contributed by atoms with E-state index in [-0.39, 0.29) is 11.8 Å². The molecule has 1 amide bonds. The zero-order valence-electron chi connectivity index (χ0n) is 16.7. The summed E-state index contributed by atoms with van der Waals surface area (Å²) in [5.41, 5.74) is 5.42. The maximum absolute atomic E-state index is 12.0. The second-order valence-corrected chi connectivity index (χ2v) is 7.48. The molecule has 0 bridgehead atoms. The summed E-state index contributed by atoms with van der Waals surface area (Å²) >= 11 is 0. The normalized spacial score (nSPS) is 15.6. The Hall–Kier alpha value is -3.12. The Morgan fingerprint density at radius 3 is 2.59 bits per heavy atom. The van der Waals surface area contributed by atoms with Crippen LogP contribution in [0.15, 0.2) is 54.6 Å². The number of hydrogen-bond donors (Lipinski definition) is 1. The first-order chi connectivity index (χ1) is 14.1. The third-order valence-corrected chi connectivity index (χ3v) is 5.54. The summed E-state index contributed by atoms with van der Waals surface area (Å²) in [6.45, 7) is 0. The number of ether oxygens (including phenoxy) is 1. The number of amides is 1. The Kier molecular flexibility index (Phi) is 5.36. The fourth-order valence-electron chi connectivity index (χ4n) is 4.00. The summed E-state index contributed by atoms with van der Waals surface area (Å²) in [6, 6.07) is 18.1. The van der Waals surface area contributed by atoms with E-state index in [4.69, 9.17) is 9.84 Å². The van der Waals surface area contributed by atoms with Crippen LogP contribution in [0.3, 0.4) is 0 Å². The van der Waals surface area contributed by atoms with Crippen LogP contribution in [0.2, 0.25) is 0 Å². The van der Waals surface area contributed by atoms with Crippen molar-refractivity contribution in [3.05, 3.63) is 65.9 Å². The van der Waals surface area contributed by atoms with Gasteiger partial charge in [0.1, 0.15) is 5.75 Å². The molecule has 4 rings (SSSR count). The van der Waals surface area contributed by atoms with Crippen LogP contribution in [0.4, 0.5) is 0 Å². The van der Waals surface area contributed by atoms with Crippen LogP contribution < -0.4 is 4.74 Å². The summed E-state index contributed by atoms with van der Waals surface area (Å²) in [5, 5.41) is 15.1. The van der Waals surface area contributed by atoms with Gasteiger partial charge in [0.05, 0.1) is 24.2 Å². The van der Waals surface area contributed by atoms with Gasteiger partial charge in [0.15, 0.2) is 0 Å². The number of aryl methyl sites for hydroxylation is 1. The number of fused-ring (bicyclic) bond motifs is 1. The minimum atomic E-state index is -0.248. The lowest BCUT2D eigenvalue weighted by atomic mass is 9.83. The lowest BCUT2D eigenvalue weighted by Crippen LogP contribution is -2.27. The van der Waals surface area contributed by atoms with Crippen molar-refractivity contribution in [2.45, 2.75) is 25.7 Å². The summed E-state index contributed by atoms with van der Waals surface area (Å²) in [7, 11) is 3.04. The van der Waals surface area contributed by atoms with Gasteiger partial charge in [0.25, 0.3) is 0 Å². The van der Waals surface area contributed by atoms with Crippen LogP contribution in [-0.4, -0.2) is 40.1 Å². The number of nitrogens with zero attached hydrogens (tertiary/aromatic N) is 3. The van der Waals surface area contributed by atoms with Crippen LogP contribution in [0, 0.1) is 5.92 Å². The molecule has 1 heterocycles. The SMILES string of the molecule is COc1ccc(-n2nc3c(c2-c2ccccc2)CC(CC(=O)N(C)O)CC3)cc1. The van der Waals surface area contributed by atoms with E-state index in [2.05, 4.69) is 12.1 Å². The van der Waals surface area contributed by atoms with E-state index >= 15 is 0 Å². The molecular weight excluding hydrogens is 366 g/mol. The van der Waals surface area contributed by atoms with Crippen molar-refractivity contribution in [3.63, 3.8) is 0 Å². The van der Waals surface area contributed by atoms with E-state index in [1.165, 1.54) is 12.6 Å². The highest BCUT2D eigenvalue weighted by molar-refractivity contribution is 5.75.